The summed E-state index contributed by atoms with van der Waals surface area (Å²) < 4.78 is 14.1. The molecule has 2 heterocycles. The summed E-state index contributed by atoms with van der Waals surface area (Å²) in [6, 6.07) is 6.02. The zero-order valence-corrected chi connectivity index (χ0v) is 14.8. The molecule has 0 bridgehead atoms. The first-order valence-electron chi connectivity index (χ1n) is 7.55. The van der Waals surface area contributed by atoms with E-state index in [0.717, 1.165) is 16.3 Å². The lowest BCUT2D eigenvalue weighted by Gasteiger charge is -2.29. The van der Waals surface area contributed by atoms with E-state index in [1.54, 1.807) is 4.57 Å². The molecule has 1 N–H and O–H groups in total. The van der Waals surface area contributed by atoms with E-state index in [4.69, 9.17) is 9.05 Å². The van der Waals surface area contributed by atoms with Crippen molar-refractivity contribution in [2.75, 3.05) is 0 Å². The highest BCUT2D eigenvalue weighted by Gasteiger charge is 2.50. The first kappa shape index (κ1) is 15.7. The number of nitrogens with one attached hydrogen (secondary N) is 1. The summed E-state index contributed by atoms with van der Waals surface area (Å²) in [5.41, 5.74) is 0.973. The van der Waals surface area contributed by atoms with Gasteiger partial charge in [0, 0.05) is 11.3 Å². The van der Waals surface area contributed by atoms with Crippen molar-refractivity contribution in [1.82, 2.24) is 9.55 Å². The van der Waals surface area contributed by atoms with Gasteiger partial charge in [0.05, 0.1) is 22.2 Å². The van der Waals surface area contributed by atoms with Crippen LogP contribution < -0.4 is 11.0 Å². The number of hydrogen-bond acceptors (Lipinski definition) is 3. The topological polar surface area (TPSA) is 56.2 Å². The van der Waals surface area contributed by atoms with Crippen molar-refractivity contribution in [2.24, 2.45) is 0 Å². The molecule has 0 aliphatic carbocycles. The number of aromatic amines is 1. The minimum Gasteiger partial charge on any atom is -0.321 e. The van der Waals surface area contributed by atoms with Gasteiger partial charge < -0.3 is 14.0 Å². The van der Waals surface area contributed by atoms with E-state index in [2.05, 4.69) is 4.98 Å². The van der Waals surface area contributed by atoms with Crippen LogP contribution in [0.25, 0.3) is 11.0 Å². The smallest absolute Gasteiger partial charge is 0.321 e. The summed E-state index contributed by atoms with van der Waals surface area (Å²) in [4.78, 5) is 15.0. The van der Waals surface area contributed by atoms with E-state index in [1.807, 2.05) is 59.7 Å². The van der Waals surface area contributed by atoms with Crippen LogP contribution in [0, 0.1) is 0 Å². The number of hydrogen-bond donors (Lipinski definition) is 1. The first-order valence-corrected chi connectivity index (χ1v) is 8.73. The highest BCUT2D eigenvalue weighted by atomic mass is 31.2. The number of imidazole rings is 1. The van der Waals surface area contributed by atoms with Crippen molar-refractivity contribution < 1.29 is 9.05 Å². The zero-order valence-electron chi connectivity index (χ0n) is 13.9. The third kappa shape index (κ3) is 2.32. The Balaban J connectivity index is 2.07. The third-order valence-corrected chi connectivity index (χ3v) is 6.44. The number of fused-ring (bicyclic) bond motifs is 1. The molecule has 0 saturated carbocycles. The number of H-pyrrole nitrogens is 1. The summed E-state index contributed by atoms with van der Waals surface area (Å²) >= 11 is 0. The average Bonchev–Trinajstić information content (AvgIpc) is 2.81. The van der Waals surface area contributed by atoms with Gasteiger partial charge in [-0.3, -0.25) is 4.57 Å². The number of benzene rings is 1. The predicted molar refractivity (Wildman–Crippen MR) is 89.8 cm³/mol. The van der Waals surface area contributed by atoms with Gasteiger partial charge in [-0.25, -0.2) is 4.79 Å². The molecule has 1 fully saturated rings. The Morgan fingerprint density at radius 2 is 1.73 bits per heavy atom. The second-order valence-corrected chi connectivity index (χ2v) is 8.45. The zero-order chi connectivity index (χ0) is 16.3. The largest absolute Gasteiger partial charge is 0.326 e. The van der Waals surface area contributed by atoms with Crippen LogP contribution in [0.15, 0.2) is 23.0 Å². The third-order valence-electron chi connectivity index (χ3n) is 4.50. The SMILES string of the molecule is CC(C)n1c(=O)[nH]c2ccc(P3OC(C)(C)C(C)(C)O3)cc21. The molecule has 22 heavy (non-hydrogen) atoms. The monoisotopic (exact) mass is 322 g/mol. The molecule has 1 aromatic heterocycles. The van der Waals surface area contributed by atoms with Gasteiger partial charge in [0.2, 0.25) is 8.38 Å². The maximum Gasteiger partial charge on any atom is 0.326 e. The average molecular weight is 322 g/mol. The molecule has 0 atom stereocenters. The first-order chi connectivity index (χ1) is 10.1. The Labute approximate surface area is 131 Å². The molecule has 120 valence electrons. The summed E-state index contributed by atoms with van der Waals surface area (Å²) in [5, 5.41) is 0.995. The number of rotatable bonds is 2. The van der Waals surface area contributed by atoms with Crippen LogP contribution in [-0.2, 0) is 9.05 Å². The highest BCUT2D eigenvalue weighted by Crippen LogP contribution is 2.57. The fourth-order valence-electron chi connectivity index (χ4n) is 2.49. The van der Waals surface area contributed by atoms with E-state index >= 15 is 0 Å². The standard InChI is InChI=1S/C16H23N2O3P/c1-10(2)18-13-9-11(7-8-12(13)17-14(18)19)22-20-15(3,4)16(5,6)21-22/h7-10H,1-6H3,(H,17,19). The van der Waals surface area contributed by atoms with Crippen molar-refractivity contribution in [1.29, 1.82) is 0 Å². The van der Waals surface area contributed by atoms with Gasteiger partial charge in [-0.05, 0) is 59.7 Å². The minimum absolute atomic E-state index is 0.0798. The van der Waals surface area contributed by atoms with E-state index in [-0.39, 0.29) is 22.9 Å². The summed E-state index contributed by atoms with van der Waals surface area (Å²) in [6.45, 7) is 12.2. The summed E-state index contributed by atoms with van der Waals surface area (Å²) in [6.07, 6.45) is 0. The summed E-state index contributed by atoms with van der Waals surface area (Å²) in [5.74, 6) is 0. The fourth-order valence-corrected chi connectivity index (χ4v) is 4.44. The Kier molecular flexibility index (Phi) is 3.52. The van der Waals surface area contributed by atoms with Gasteiger partial charge in [-0.15, -0.1) is 0 Å². The maximum absolute atomic E-state index is 12.1. The van der Waals surface area contributed by atoms with E-state index < -0.39 is 8.38 Å². The molecule has 1 aromatic carbocycles. The molecule has 0 amide bonds. The molecule has 0 spiro atoms. The van der Waals surface area contributed by atoms with E-state index in [9.17, 15) is 4.79 Å². The van der Waals surface area contributed by atoms with Crippen LogP contribution in [0.1, 0.15) is 47.6 Å². The quantitative estimate of drug-likeness (QED) is 0.862. The van der Waals surface area contributed by atoms with Crippen LogP contribution in [-0.4, -0.2) is 20.8 Å². The van der Waals surface area contributed by atoms with Gasteiger partial charge in [0.25, 0.3) is 0 Å². The van der Waals surface area contributed by atoms with E-state index in [0.29, 0.717) is 0 Å². The van der Waals surface area contributed by atoms with Crippen LogP contribution >= 0.6 is 8.38 Å². The van der Waals surface area contributed by atoms with Crippen LogP contribution in [0.4, 0.5) is 0 Å². The summed E-state index contributed by atoms with van der Waals surface area (Å²) in [7, 11) is -1.14. The number of aromatic nitrogens is 2. The number of nitrogens with zero attached hydrogens (tertiary/aromatic N) is 1. The minimum atomic E-state index is -1.14. The lowest BCUT2D eigenvalue weighted by molar-refractivity contribution is 0.00578. The van der Waals surface area contributed by atoms with Gasteiger partial charge >= 0.3 is 5.69 Å². The highest BCUT2D eigenvalue weighted by molar-refractivity contribution is 7.56. The molecule has 2 aromatic rings. The normalized spacial score (nSPS) is 21.0. The molecule has 1 aliphatic rings. The van der Waals surface area contributed by atoms with Crippen molar-refractivity contribution in [3.63, 3.8) is 0 Å². The molecule has 6 heteroatoms. The molecular formula is C16H23N2O3P. The van der Waals surface area contributed by atoms with Gasteiger partial charge in [0.15, 0.2) is 0 Å². The lowest BCUT2D eigenvalue weighted by Crippen LogP contribution is -2.41. The molecule has 3 rings (SSSR count). The predicted octanol–water partition coefficient (Wildman–Crippen LogP) is 3.45. The molecule has 5 nitrogen and oxygen atoms in total. The second kappa shape index (κ2) is 4.92. The van der Waals surface area contributed by atoms with Crippen LogP contribution in [0.5, 0.6) is 0 Å². The molecule has 0 unspecified atom stereocenters. The van der Waals surface area contributed by atoms with Gasteiger partial charge in [0.1, 0.15) is 0 Å². The van der Waals surface area contributed by atoms with Crippen molar-refractivity contribution in [2.45, 2.75) is 58.8 Å². The van der Waals surface area contributed by atoms with Crippen molar-refractivity contribution in [3.05, 3.63) is 28.7 Å². The van der Waals surface area contributed by atoms with E-state index in [1.165, 1.54) is 0 Å². The second-order valence-electron chi connectivity index (χ2n) is 7.06. The van der Waals surface area contributed by atoms with Crippen LogP contribution in [0.2, 0.25) is 0 Å². The molecule has 0 radical (unpaired) electrons. The van der Waals surface area contributed by atoms with Gasteiger partial charge in [-0.2, -0.15) is 0 Å². The van der Waals surface area contributed by atoms with Crippen molar-refractivity contribution >= 4 is 24.7 Å². The maximum atomic E-state index is 12.1. The van der Waals surface area contributed by atoms with Gasteiger partial charge in [-0.1, -0.05) is 0 Å². The Hall–Kier alpha value is -1.16. The Bertz CT molecular complexity index is 757. The molecule has 1 aliphatic heterocycles. The van der Waals surface area contributed by atoms with Crippen LogP contribution in [0.3, 0.4) is 0 Å². The fraction of sp³-hybridized carbons (Fsp3) is 0.562. The van der Waals surface area contributed by atoms with Crippen molar-refractivity contribution in [3.8, 4) is 0 Å². The molecular weight excluding hydrogens is 299 g/mol. The lowest BCUT2D eigenvalue weighted by atomic mass is 9.90. The molecule has 1 saturated heterocycles. The Morgan fingerprint density at radius 3 is 2.27 bits per heavy atom. The Morgan fingerprint density at radius 1 is 1.14 bits per heavy atom.